The molecule has 0 radical (unpaired) electrons. The number of halogens is 1. The van der Waals surface area contributed by atoms with E-state index in [4.69, 9.17) is 9.47 Å². The molecule has 0 aliphatic carbocycles. The van der Waals surface area contributed by atoms with Gasteiger partial charge in [0.15, 0.2) is 16.7 Å². The van der Waals surface area contributed by atoms with Crippen LogP contribution in [0.1, 0.15) is 17.0 Å². The molecule has 0 saturated carbocycles. The van der Waals surface area contributed by atoms with E-state index in [-0.39, 0.29) is 6.79 Å². The summed E-state index contributed by atoms with van der Waals surface area (Å²) in [5.74, 6) is 3.24. The van der Waals surface area contributed by atoms with Crippen molar-refractivity contribution in [2.75, 3.05) is 6.79 Å². The van der Waals surface area contributed by atoms with E-state index in [1.54, 1.807) is 11.8 Å². The molecule has 0 bridgehead atoms. The predicted molar refractivity (Wildman–Crippen MR) is 109 cm³/mol. The zero-order chi connectivity index (χ0) is 18.6. The van der Waals surface area contributed by atoms with E-state index in [0.717, 1.165) is 44.7 Å². The van der Waals surface area contributed by atoms with Crippen LogP contribution in [0.15, 0.2) is 64.7 Å². The number of thioether (sulfide) groups is 1. The van der Waals surface area contributed by atoms with Gasteiger partial charge in [-0.05, 0) is 23.3 Å². The zero-order valence-electron chi connectivity index (χ0n) is 14.6. The van der Waals surface area contributed by atoms with E-state index >= 15 is 0 Å². The topological polar surface area (TPSA) is 49.2 Å². The van der Waals surface area contributed by atoms with Gasteiger partial charge in [0.25, 0.3) is 0 Å². The Labute approximate surface area is 170 Å². The minimum absolute atomic E-state index is 0.273. The van der Waals surface area contributed by atoms with Gasteiger partial charge in [-0.25, -0.2) is 0 Å². The summed E-state index contributed by atoms with van der Waals surface area (Å²) in [6.45, 7) is 4.83. The molecule has 5 nitrogen and oxygen atoms in total. The summed E-state index contributed by atoms with van der Waals surface area (Å²) in [5.41, 5.74) is 2.34. The van der Waals surface area contributed by atoms with Gasteiger partial charge >= 0.3 is 0 Å². The van der Waals surface area contributed by atoms with Crippen molar-refractivity contribution in [1.29, 1.82) is 0 Å². The number of rotatable bonds is 7. The lowest BCUT2D eigenvalue weighted by atomic mass is 10.1. The van der Waals surface area contributed by atoms with E-state index < -0.39 is 0 Å². The molecule has 0 fully saturated rings. The van der Waals surface area contributed by atoms with Gasteiger partial charge in [-0.1, -0.05) is 64.1 Å². The molecule has 27 heavy (non-hydrogen) atoms. The maximum absolute atomic E-state index is 5.48. The van der Waals surface area contributed by atoms with Crippen LogP contribution < -0.4 is 9.47 Å². The molecule has 0 saturated heterocycles. The quantitative estimate of drug-likeness (QED) is 0.386. The molecule has 4 rings (SSSR count). The number of allylic oxidation sites excluding steroid dienone is 1. The third-order valence-electron chi connectivity index (χ3n) is 4.21. The fourth-order valence-corrected chi connectivity index (χ4v) is 4.47. The van der Waals surface area contributed by atoms with Crippen LogP contribution in [0.25, 0.3) is 0 Å². The molecule has 0 N–H and O–H groups in total. The molecule has 7 heteroatoms. The van der Waals surface area contributed by atoms with Crippen LogP contribution in [-0.2, 0) is 18.7 Å². The SMILES string of the molecule is C=CCn1c(Cc2ccccc2)nnc1SCc1cc2c(cc1Br)OCO2. The number of fused-ring (bicyclic) bond motifs is 1. The molecule has 1 aliphatic rings. The fourth-order valence-electron chi connectivity index (χ4n) is 2.86. The summed E-state index contributed by atoms with van der Waals surface area (Å²) < 4.78 is 14.0. The minimum Gasteiger partial charge on any atom is -0.454 e. The highest BCUT2D eigenvalue weighted by Gasteiger charge is 2.18. The summed E-state index contributed by atoms with van der Waals surface area (Å²) in [7, 11) is 0. The fraction of sp³-hybridized carbons (Fsp3) is 0.200. The van der Waals surface area contributed by atoms with Crippen LogP contribution in [0, 0.1) is 0 Å². The molecular weight excluding hydrogens is 426 g/mol. The Bertz CT molecular complexity index is 959. The van der Waals surface area contributed by atoms with E-state index in [1.165, 1.54) is 5.56 Å². The lowest BCUT2D eigenvalue weighted by molar-refractivity contribution is 0.174. The lowest BCUT2D eigenvalue weighted by Crippen LogP contribution is -2.04. The van der Waals surface area contributed by atoms with Crippen molar-refractivity contribution in [1.82, 2.24) is 14.8 Å². The molecule has 138 valence electrons. The van der Waals surface area contributed by atoms with Crippen LogP contribution in [0.2, 0.25) is 0 Å². The van der Waals surface area contributed by atoms with Gasteiger partial charge in [0.1, 0.15) is 5.82 Å². The largest absolute Gasteiger partial charge is 0.454 e. The highest BCUT2D eigenvalue weighted by Crippen LogP contribution is 2.38. The predicted octanol–water partition coefficient (Wildman–Crippen LogP) is 4.84. The second-order valence-corrected chi connectivity index (χ2v) is 7.84. The molecule has 0 spiro atoms. The Morgan fingerprint density at radius 1 is 1.15 bits per heavy atom. The number of aromatic nitrogens is 3. The first-order chi connectivity index (χ1) is 13.2. The molecule has 0 unspecified atom stereocenters. The van der Waals surface area contributed by atoms with Crippen molar-refractivity contribution >= 4 is 27.7 Å². The molecule has 2 heterocycles. The highest BCUT2D eigenvalue weighted by atomic mass is 79.9. The summed E-state index contributed by atoms with van der Waals surface area (Å²) in [4.78, 5) is 0. The third kappa shape index (κ3) is 4.04. The Kier molecular flexibility index (Phi) is 5.50. The maximum Gasteiger partial charge on any atom is 0.231 e. The van der Waals surface area contributed by atoms with Crippen LogP contribution in [0.5, 0.6) is 11.5 Å². The molecular formula is C20H18BrN3O2S. The van der Waals surface area contributed by atoms with Gasteiger partial charge in [-0.2, -0.15) is 0 Å². The average Bonchev–Trinajstić information content (AvgIpc) is 3.28. The minimum atomic E-state index is 0.273. The zero-order valence-corrected chi connectivity index (χ0v) is 17.0. The standard InChI is InChI=1S/C20H18BrN3O2S/c1-2-8-24-19(9-14-6-4-3-5-7-14)22-23-20(24)27-12-15-10-17-18(11-16(15)21)26-13-25-17/h2-7,10-11H,1,8-9,12-13H2. The van der Waals surface area contributed by atoms with Crippen molar-refractivity contribution in [3.8, 4) is 11.5 Å². The first-order valence-corrected chi connectivity index (χ1v) is 10.3. The smallest absolute Gasteiger partial charge is 0.231 e. The third-order valence-corrected chi connectivity index (χ3v) is 5.96. The second kappa shape index (κ2) is 8.19. The van der Waals surface area contributed by atoms with Gasteiger partial charge < -0.3 is 14.0 Å². The maximum atomic E-state index is 5.48. The van der Waals surface area contributed by atoms with Crippen molar-refractivity contribution in [2.45, 2.75) is 23.9 Å². The van der Waals surface area contributed by atoms with Crippen molar-refractivity contribution in [2.24, 2.45) is 0 Å². The first-order valence-electron chi connectivity index (χ1n) is 8.52. The van der Waals surface area contributed by atoms with Gasteiger partial charge in [-0.3, -0.25) is 0 Å². The Morgan fingerprint density at radius 2 is 1.93 bits per heavy atom. The van der Waals surface area contributed by atoms with Crippen molar-refractivity contribution < 1.29 is 9.47 Å². The average molecular weight is 444 g/mol. The molecule has 1 aliphatic heterocycles. The van der Waals surface area contributed by atoms with Crippen molar-refractivity contribution in [3.63, 3.8) is 0 Å². The summed E-state index contributed by atoms with van der Waals surface area (Å²) in [6, 6.07) is 14.3. The highest BCUT2D eigenvalue weighted by molar-refractivity contribution is 9.10. The monoisotopic (exact) mass is 443 g/mol. The van der Waals surface area contributed by atoms with Gasteiger partial charge in [-0.15, -0.1) is 16.8 Å². The molecule has 1 aromatic heterocycles. The van der Waals surface area contributed by atoms with E-state index in [9.17, 15) is 0 Å². The molecule has 3 aromatic rings. The number of nitrogens with zero attached hydrogens (tertiary/aromatic N) is 3. The Balaban J connectivity index is 1.53. The van der Waals surface area contributed by atoms with Crippen LogP contribution in [-0.4, -0.2) is 21.6 Å². The van der Waals surface area contributed by atoms with Crippen LogP contribution >= 0.6 is 27.7 Å². The summed E-state index contributed by atoms with van der Waals surface area (Å²) in [6.07, 6.45) is 2.62. The van der Waals surface area contributed by atoms with E-state index in [2.05, 4.69) is 49.4 Å². The Hall–Kier alpha value is -2.25. The van der Waals surface area contributed by atoms with Crippen LogP contribution in [0.3, 0.4) is 0 Å². The Morgan fingerprint density at radius 3 is 2.70 bits per heavy atom. The number of hydrogen-bond donors (Lipinski definition) is 0. The van der Waals surface area contributed by atoms with E-state index in [0.29, 0.717) is 6.54 Å². The second-order valence-electron chi connectivity index (χ2n) is 6.05. The van der Waals surface area contributed by atoms with E-state index in [1.807, 2.05) is 36.4 Å². The molecule has 0 atom stereocenters. The van der Waals surface area contributed by atoms with Gasteiger partial charge in [0.2, 0.25) is 6.79 Å². The van der Waals surface area contributed by atoms with Crippen LogP contribution in [0.4, 0.5) is 0 Å². The number of ether oxygens (including phenoxy) is 2. The van der Waals surface area contributed by atoms with Gasteiger partial charge in [0, 0.05) is 23.2 Å². The van der Waals surface area contributed by atoms with Gasteiger partial charge in [0.05, 0.1) is 0 Å². The lowest BCUT2D eigenvalue weighted by Gasteiger charge is -2.09. The summed E-state index contributed by atoms with van der Waals surface area (Å²) >= 11 is 5.26. The summed E-state index contributed by atoms with van der Waals surface area (Å²) in [5, 5.41) is 9.70. The normalized spacial score (nSPS) is 12.3. The number of hydrogen-bond acceptors (Lipinski definition) is 5. The molecule has 2 aromatic carbocycles. The molecule has 0 amide bonds. The van der Waals surface area contributed by atoms with Crippen molar-refractivity contribution in [3.05, 3.63) is 76.5 Å². The number of benzene rings is 2. The first kappa shape index (κ1) is 18.1.